The Bertz CT molecular complexity index is 1080. The molecular weight excluding hydrogens is 400 g/mol. The number of ether oxygens (including phenoxy) is 1. The summed E-state index contributed by atoms with van der Waals surface area (Å²) in [6.45, 7) is 5.52. The molecule has 0 saturated carbocycles. The van der Waals surface area contributed by atoms with Gasteiger partial charge < -0.3 is 19.2 Å². The number of thiazole rings is 1. The Hall–Kier alpha value is -2.32. The number of esters is 1. The Labute approximate surface area is 170 Å². The smallest absolute Gasteiger partial charge is 0.357 e. The first kappa shape index (κ1) is 19.0. The molecule has 148 valence electrons. The van der Waals surface area contributed by atoms with E-state index in [1.807, 2.05) is 19.2 Å². The summed E-state index contributed by atoms with van der Waals surface area (Å²) in [6.07, 6.45) is 3.49. The van der Waals surface area contributed by atoms with Gasteiger partial charge in [-0.3, -0.25) is 4.79 Å². The number of piperidine rings is 1. The minimum Gasteiger partial charge on any atom is -0.461 e. The Morgan fingerprint density at radius 1 is 1.43 bits per heavy atom. The molecule has 3 aromatic heterocycles. The van der Waals surface area contributed by atoms with Crippen LogP contribution in [0.1, 0.15) is 42.0 Å². The molecule has 0 radical (unpaired) electrons. The molecule has 0 aliphatic carbocycles. The van der Waals surface area contributed by atoms with E-state index in [4.69, 9.17) is 16.3 Å². The quantitative estimate of drug-likeness (QED) is 0.650. The van der Waals surface area contributed by atoms with Crippen LogP contribution in [0.15, 0.2) is 22.4 Å². The second kappa shape index (κ2) is 7.60. The second-order valence-electron chi connectivity index (χ2n) is 6.83. The minimum absolute atomic E-state index is 0.0372. The van der Waals surface area contributed by atoms with E-state index in [9.17, 15) is 9.59 Å². The fourth-order valence-electron chi connectivity index (χ4n) is 3.63. The van der Waals surface area contributed by atoms with Crippen LogP contribution >= 0.6 is 22.9 Å². The van der Waals surface area contributed by atoms with Gasteiger partial charge in [0, 0.05) is 41.8 Å². The third-order valence-electron chi connectivity index (χ3n) is 5.10. The van der Waals surface area contributed by atoms with Crippen molar-refractivity contribution in [2.75, 3.05) is 24.6 Å². The number of aromatic amines is 1. The number of carbonyl (C=O) groups is 1. The number of halogens is 1. The molecule has 1 N–H and O–H groups in total. The number of aromatic nitrogens is 3. The van der Waals surface area contributed by atoms with E-state index < -0.39 is 0 Å². The van der Waals surface area contributed by atoms with Crippen molar-refractivity contribution in [3.05, 3.63) is 44.4 Å². The third-order valence-corrected chi connectivity index (χ3v) is 6.49. The number of aryl methyl sites for hydroxylation is 1. The molecular formula is C19H21ClN4O3S. The Morgan fingerprint density at radius 2 is 2.18 bits per heavy atom. The summed E-state index contributed by atoms with van der Waals surface area (Å²) in [5, 5.41) is 3.92. The molecule has 9 heteroatoms. The molecule has 4 rings (SSSR count). The molecule has 7 nitrogen and oxygen atoms in total. The number of nitrogens with zero attached hydrogens (tertiary/aromatic N) is 3. The molecule has 28 heavy (non-hydrogen) atoms. The topological polar surface area (TPSA) is 80.2 Å². The zero-order chi connectivity index (χ0) is 19.8. The van der Waals surface area contributed by atoms with Crippen molar-refractivity contribution >= 4 is 44.9 Å². The molecule has 0 unspecified atom stereocenters. The van der Waals surface area contributed by atoms with Crippen LogP contribution in [0.4, 0.5) is 5.13 Å². The average molecular weight is 421 g/mol. The van der Waals surface area contributed by atoms with E-state index in [-0.39, 0.29) is 17.6 Å². The monoisotopic (exact) mass is 420 g/mol. The largest absolute Gasteiger partial charge is 0.461 e. The number of pyridine rings is 1. The number of hydrogen-bond acceptors (Lipinski definition) is 6. The van der Waals surface area contributed by atoms with Gasteiger partial charge in [0.2, 0.25) is 0 Å². The SMILES string of the molecule is CCOC(=O)c1csc(N2CCC(n3ccc4c(Cl)c(C)[nH]c4c3=O)CC2)n1. The highest BCUT2D eigenvalue weighted by atomic mass is 35.5. The third kappa shape index (κ3) is 3.31. The summed E-state index contributed by atoms with van der Waals surface area (Å²) in [7, 11) is 0. The zero-order valence-electron chi connectivity index (χ0n) is 15.7. The van der Waals surface area contributed by atoms with Gasteiger partial charge in [-0.1, -0.05) is 11.6 Å². The van der Waals surface area contributed by atoms with Gasteiger partial charge in [-0.2, -0.15) is 0 Å². The highest BCUT2D eigenvalue weighted by Crippen LogP contribution is 2.30. The average Bonchev–Trinajstić information content (AvgIpc) is 3.29. The standard InChI is InChI=1S/C19H21ClN4O3S/c1-3-27-18(26)14-10-28-19(22-14)23-7-4-12(5-8-23)24-9-6-13-15(20)11(2)21-16(13)17(24)25/h6,9-10,12,21H,3-5,7-8H2,1-2H3. The number of anilines is 1. The van der Waals surface area contributed by atoms with Crippen LogP contribution < -0.4 is 10.5 Å². The van der Waals surface area contributed by atoms with Crippen LogP contribution in [0.3, 0.4) is 0 Å². The zero-order valence-corrected chi connectivity index (χ0v) is 17.3. The molecule has 0 aromatic carbocycles. The van der Waals surface area contributed by atoms with E-state index in [0.717, 1.165) is 42.1 Å². The van der Waals surface area contributed by atoms with Crippen LogP contribution in [0.5, 0.6) is 0 Å². The molecule has 4 heterocycles. The van der Waals surface area contributed by atoms with Gasteiger partial charge in [-0.15, -0.1) is 11.3 Å². The predicted molar refractivity (Wildman–Crippen MR) is 111 cm³/mol. The molecule has 1 saturated heterocycles. The molecule has 1 fully saturated rings. The molecule has 1 aliphatic heterocycles. The predicted octanol–water partition coefficient (Wildman–Crippen LogP) is 3.77. The highest BCUT2D eigenvalue weighted by Gasteiger charge is 2.25. The van der Waals surface area contributed by atoms with Crippen LogP contribution in [-0.4, -0.2) is 40.2 Å². The lowest BCUT2D eigenvalue weighted by molar-refractivity contribution is 0.0520. The van der Waals surface area contributed by atoms with Gasteiger partial charge >= 0.3 is 5.97 Å². The molecule has 3 aromatic rings. The normalized spacial score (nSPS) is 15.3. The molecule has 0 amide bonds. The van der Waals surface area contributed by atoms with E-state index >= 15 is 0 Å². The van der Waals surface area contributed by atoms with Gasteiger partial charge in [0.15, 0.2) is 10.8 Å². The highest BCUT2D eigenvalue weighted by molar-refractivity contribution is 7.13. The number of H-pyrrole nitrogens is 1. The number of rotatable bonds is 4. The fraction of sp³-hybridized carbons (Fsp3) is 0.421. The summed E-state index contributed by atoms with van der Waals surface area (Å²) in [5.41, 5.74) is 1.68. The van der Waals surface area contributed by atoms with Crippen molar-refractivity contribution in [3.8, 4) is 0 Å². The van der Waals surface area contributed by atoms with Crippen molar-refractivity contribution in [3.63, 3.8) is 0 Å². The van der Waals surface area contributed by atoms with E-state index in [0.29, 0.717) is 22.8 Å². The van der Waals surface area contributed by atoms with Crippen LogP contribution in [0.25, 0.3) is 10.9 Å². The Kier molecular flexibility index (Phi) is 5.16. The van der Waals surface area contributed by atoms with Crippen molar-refractivity contribution < 1.29 is 9.53 Å². The van der Waals surface area contributed by atoms with Crippen LogP contribution in [0.2, 0.25) is 5.02 Å². The molecule has 1 aliphatic rings. The summed E-state index contributed by atoms with van der Waals surface area (Å²) in [4.78, 5) is 34.3. The van der Waals surface area contributed by atoms with E-state index in [1.54, 1.807) is 16.9 Å². The maximum Gasteiger partial charge on any atom is 0.357 e. The maximum absolute atomic E-state index is 12.9. The van der Waals surface area contributed by atoms with Gasteiger partial charge in [-0.25, -0.2) is 9.78 Å². The van der Waals surface area contributed by atoms with Gasteiger partial charge in [0.25, 0.3) is 5.56 Å². The lowest BCUT2D eigenvalue weighted by Gasteiger charge is -2.32. The summed E-state index contributed by atoms with van der Waals surface area (Å²) < 4.78 is 6.80. The van der Waals surface area contributed by atoms with Crippen LogP contribution in [0, 0.1) is 6.92 Å². The van der Waals surface area contributed by atoms with Crippen molar-refractivity contribution in [1.82, 2.24) is 14.5 Å². The van der Waals surface area contributed by atoms with Gasteiger partial charge in [0.05, 0.1) is 11.6 Å². The molecule has 0 atom stereocenters. The number of nitrogens with one attached hydrogen (secondary N) is 1. The summed E-state index contributed by atoms with van der Waals surface area (Å²) >= 11 is 7.70. The Balaban J connectivity index is 1.49. The van der Waals surface area contributed by atoms with Gasteiger partial charge in [0.1, 0.15) is 5.52 Å². The van der Waals surface area contributed by atoms with Gasteiger partial charge in [-0.05, 0) is 32.8 Å². The summed E-state index contributed by atoms with van der Waals surface area (Å²) in [6, 6.07) is 2.03. The number of fused-ring (bicyclic) bond motifs is 1. The van der Waals surface area contributed by atoms with E-state index in [2.05, 4.69) is 14.9 Å². The molecule has 0 bridgehead atoms. The van der Waals surface area contributed by atoms with E-state index in [1.165, 1.54) is 11.3 Å². The van der Waals surface area contributed by atoms with Crippen molar-refractivity contribution in [2.45, 2.75) is 32.7 Å². The summed E-state index contributed by atoms with van der Waals surface area (Å²) in [5.74, 6) is -0.389. The first-order chi connectivity index (χ1) is 13.5. The first-order valence-electron chi connectivity index (χ1n) is 9.26. The number of hydrogen-bond donors (Lipinski definition) is 1. The van der Waals surface area contributed by atoms with Crippen molar-refractivity contribution in [2.24, 2.45) is 0 Å². The fourth-order valence-corrected chi connectivity index (χ4v) is 4.68. The van der Waals surface area contributed by atoms with Crippen molar-refractivity contribution in [1.29, 1.82) is 0 Å². The first-order valence-corrected chi connectivity index (χ1v) is 10.5. The molecule has 0 spiro atoms. The lowest BCUT2D eigenvalue weighted by Crippen LogP contribution is -2.37. The minimum atomic E-state index is -0.389. The number of carbonyl (C=O) groups excluding carboxylic acids is 1. The second-order valence-corrected chi connectivity index (χ2v) is 8.05. The lowest BCUT2D eigenvalue weighted by atomic mass is 10.0. The Morgan fingerprint density at radius 3 is 2.89 bits per heavy atom. The van der Waals surface area contributed by atoms with Crippen LogP contribution in [-0.2, 0) is 4.74 Å². The maximum atomic E-state index is 12.9.